The predicted octanol–water partition coefficient (Wildman–Crippen LogP) is 3.74. The van der Waals surface area contributed by atoms with Crippen LogP contribution in [0.4, 0.5) is 0 Å². The maximum atomic E-state index is 4.36. The van der Waals surface area contributed by atoms with Gasteiger partial charge < -0.3 is 4.57 Å². The van der Waals surface area contributed by atoms with Crippen molar-refractivity contribution in [2.24, 2.45) is 0 Å². The van der Waals surface area contributed by atoms with Gasteiger partial charge in [-0.15, -0.1) is 10.2 Å². The van der Waals surface area contributed by atoms with E-state index in [1.807, 2.05) is 0 Å². The predicted molar refractivity (Wildman–Crippen MR) is 75.7 cm³/mol. The van der Waals surface area contributed by atoms with E-state index in [1.54, 1.807) is 0 Å². The standard InChI is InChI=1S/C14H16BrN3/c1-2-10-3-5-11(6-4-10)14-17-16-13(9-15)18(14)12-7-8-12/h3-6,12H,2,7-9H2,1H3. The minimum Gasteiger partial charge on any atom is -0.307 e. The average Bonchev–Trinajstić information content (AvgIpc) is 3.18. The molecule has 1 heterocycles. The summed E-state index contributed by atoms with van der Waals surface area (Å²) in [5, 5.41) is 9.41. The highest BCUT2D eigenvalue weighted by Gasteiger charge is 2.29. The van der Waals surface area contributed by atoms with E-state index in [0.29, 0.717) is 6.04 Å². The Hall–Kier alpha value is -1.16. The number of benzene rings is 1. The Morgan fingerprint density at radius 1 is 1.22 bits per heavy atom. The minimum atomic E-state index is 0.605. The van der Waals surface area contributed by atoms with Gasteiger partial charge in [-0.2, -0.15) is 0 Å². The van der Waals surface area contributed by atoms with Crippen LogP contribution >= 0.6 is 15.9 Å². The highest BCUT2D eigenvalue weighted by molar-refractivity contribution is 9.08. The Bertz CT molecular complexity index is 541. The van der Waals surface area contributed by atoms with Gasteiger partial charge in [0.1, 0.15) is 5.82 Å². The monoisotopic (exact) mass is 305 g/mol. The lowest BCUT2D eigenvalue weighted by Gasteiger charge is -2.08. The quantitative estimate of drug-likeness (QED) is 0.806. The Balaban J connectivity index is 2.02. The number of aromatic nitrogens is 3. The Morgan fingerprint density at radius 2 is 1.94 bits per heavy atom. The molecule has 0 spiro atoms. The normalized spacial score (nSPS) is 15.0. The first-order chi connectivity index (χ1) is 8.83. The molecule has 94 valence electrons. The molecule has 0 saturated heterocycles. The molecule has 0 atom stereocenters. The van der Waals surface area contributed by atoms with Crippen LogP contribution in [0, 0.1) is 0 Å². The van der Waals surface area contributed by atoms with Crippen LogP contribution in [-0.4, -0.2) is 14.8 Å². The van der Waals surface area contributed by atoms with Crippen LogP contribution in [0.3, 0.4) is 0 Å². The molecule has 4 heteroatoms. The number of aryl methyl sites for hydroxylation is 1. The molecule has 0 unspecified atom stereocenters. The van der Waals surface area contributed by atoms with Crippen LogP contribution in [0.1, 0.15) is 37.2 Å². The summed E-state index contributed by atoms with van der Waals surface area (Å²) in [4.78, 5) is 0. The van der Waals surface area contributed by atoms with Gasteiger partial charge in [-0.1, -0.05) is 47.1 Å². The average molecular weight is 306 g/mol. The summed E-state index contributed by atoms with van der Waals surface area (Å²) in [5.74, 6) is 2.04. The maximum Gasteiger partial charge on any atom is 0.164 e. The number of alkyl halides is 1. The Kier molecular flexibility index (Phi) is 3.20. The molecule has 18 heavy (non-hydrogen) atoms. The van der Waals surface area contributed by atoms with Crippen molar-refractivity contribution in [1.82, 2.24) is 14.8 Å². The van der Waals surface area contributed by atoms with Gasteiger partial charge in [0, 0.05) is 11.6 Å². The van der Waals surface area contributed by atoms with Gasteiger partial charge in [0.25, 0.3) is 0 Å². The van der Waals surface area contributed by atoms with E-state index in [0.717, 1.165) is 23.4 Å². The molecule has 0 amide bonds. The third-order valence-electron chi connectivity index (χ3n) is 3.42. The lowest BCUT2D eigenvalue weighted by molar-refractivity contribution is 0.714. The summed E-state index contributed by atoms with van der Waals surface area (Å²) in [6.45, 7) is 2.17. The molecule has 1 saturated carbocycles. The number of halogens is 1. The lowest BCUT2D eigenvalue weighted by atomic mass is 10.1. The molecule has 1 aromatic carbocycles. The fraction of sp³-hybridized carbons (Fsp3) is 0.429. The van der Waals surface area contributed by atoms with E-state index in [2.05, 4.69) is 61.9 Å². The van der Waals surface area contributed by atoms with Gasteiger partial charge in [0.15, 0.2) is 5.82 Å². The van der Waals surface area contributed by atoms with E-state index < -0.39 is 0 Å². The van der Waals surface area contributed by atoms with Crippen molar-refractivity contribution in [2.45, 2.75) is 37.6 Å². The molecule has 1 fully saturated rings. The van der Waals surface area contributed by atoms with Crippen LogP contribution in [0.2, 0.25) is 0 Å². The molecule has 2 aromatic rings. The Morgan fingerprint density at radius 3 is 2.50 bits per heavy atom. The molecule has 0 N–H and O–H groups in total. The van der Waals surface area contributed by atoms with Crippen LogP contribution < -0.4 is 0 Å². The summed E-state index contributed by atoms with van der Waals surface area (Å²) >= 11 is 3.49. The van der Waals surface area contributed by atoms with Crippen molar-refractivity contribution in [3.05, 3.63) is 35.7 Å². The van der Waals surface area contributed by atoms with Crippen molar-refractivity contribution in [2.75, 3.05) is 0 Å². The first-order valence-corrected chi connectivity index (χ1v) is 7.54. The van der Waals surface area contributed by atoms with Crippen molar-refractivity contribution >= 4 is 15.9 Å². The van der Waals surface area contributed by atoms with Gasteiger partial charge >= 0.3 is 0 Å². The summed E-state index contributed by atoms with van der Waals surface area (Å²) in [5.41, 5.74) is 2.52. The molecule has 1 aliphatic rings. The van der Waals surface area contributed by atoms with Crippen molar-refractivity contribution in [1.29, 1.82) is 0 Å². The smallest absolute Gasteiger partial charge is 0.164 e. The van der Waals surface area contributed by atoms with E-state index in [4.69, 9.17) is 0 Å². The topological polar surface area (TPSA) is 30.7 Å². The lowest BCUT2D eigenvalue weighted by Crippen LogP contribution is -2.01. The molecule has 3 nitrogen and oxygen atoms in total. The molecular formula is C14H16BrN3. The second-order valence-corrected chi connectivity index (χ2v) is 5.29. The Labute approximate surface area is 115 Å². The highest BCUT2D eigenvalue weighted by atomic mass is 79.9. The van der Waals surface area contributed by atoms with Crippen molar-refractivity contribution < 1.29 is 0 Å². The van der Waals surface area contributed by atoms with Crippen LogP contribution in [-0.2, 0) is 11.8 Å². The van der Waals surface area contributed by atoms with E-state index in [-0.39, 0.29) is 0 Å². The summed E-state index contributed by atoms with van der Waals surface area (Å²) in [7, 11) is 0. The van der Waals surface area contributed by atoms with E-state index in [9.17, 15) is 0 Å². The van der Waals surface area contributed by atoms with E-state index in [1.165, 1.54) is 24.0 Å². The zero-order valence-electron chi connectivity index (χ0n) is 10.4. The maximum absolute atomic E-state index is 4.36. The van der Waals surface area contributed by atoms with Crippen molar-refractivity contribution in [3.63, 3.8) is 0 Å². The van der Waals surface area contributed by atoms with Crippen LogP contribution in [0.5, 0.6) is 0 Å². The number of hydrogen-bond donors (Lipinski definition) is 0. The SMILES string of the molecule is CCc1ccc(-c2nnc(CBr)n2C2CC2)cc1. The van der Waals surface area contributed by atoms with Gasteiger partial charge in [-0.3, -0.25) is 0 Å². The van der Waals surface area contributed by atoms with Gasteiger partial charge in [-0.05, 0) is 24.8 Å². The first kappa shape index (κ1) is 11.9. The fourth-order valence-corrected chi connectivity index (χ4v) is 2.60. The van der Waals surface area contributed by atoms with Crippen LogP contribution in [0.25, 0.3) is 11.4 Å². The van der Waals surface area contributed by atoms with Gasteiger partial charge in [0.05, 0.1) is 5.33 Å². The molecule has 0 radical (unpaired) electrons. The number of rotatable bonds is 4. The van der Waals surface area contributed by atoms with Crippen LogP contribution in [0.15, 0.2) is 24.3 Å². The molecule has 0 bridgehead atoms. The third kappa shape index (κ3) is 2.09. The van der Waals surface area contributed by atoms with Crippen molar-refractivity contribution in [3.8, 4) is 11.4 Å². The second kappa shape index (κ2) is 4.84. The highest BCUT2D eigenvalue weighted by Crippen LogP contribution is 2.39. The van der Waals surface area contributed by atoms with E-state index >= 15 is 0 Å². The zero-order valence-corrected chi connectivity index (χ0v) is 12.0. The summed E-state index contributed by atoms with van der Waals surface area (Å²) in [6.07, 6.45) is 3.57. The summed E-state index contributed by atoms with van der Waals surface area (Å²) < 4.78 is 2.29. The fourth-order valence-electron chi connectivity index (χ4n) is 2.22. The number of hydrogen-bond acceptors (Lipinski definition) is 2. The molecular weight excluding hydrogens is 290 g/mol. The zero-order chi connectivity index (χ0) is 12.5. The first-order valence-electron chi connectivity index (χ1n) is 6.42. The minimum absolute atomic E-state index is 0.605. The molecule has 1 aromatic heterocycles. The molecule has 1 aliphatic carbocycles. The number of nitrogens with zero attached hydrogens (tertiary/aromatic N) is 3. The largest absolute Gasteiger partial charge is 0.307 e. The summed E-state index contributed by atoms with van der Waals surface area (Å²) in [6, 6.07) is 9.26. The third-order valence-corrected chi connectivity index (χ3v) is 3.92. The van der Waals surface area contributed by atoms with Gasteiger partial charge in [-0.25, -0.2) is 0 Å². The van der Waals surface area contributed by atoms with Gasteiger partial charge in [0.2, 0.25) is 0 Å². The second-order valence-electron chi connectivity index (χ2n) is 4.73. The molecule has 3 rings (SSSR count). The molecule has 0 aliphatic heterocycles.